The summed E-state index contributed by atoms with van der Waals surface area (Å²) in [6.07, 6.45) is 2.88. The highest BCUT2D eigenvalue weighted by Gasteiger charge is 2.10. The second-order valence-electron chi connectivity index (χ2n) is 3.82. The fourth-order valence-electron chi connectivity index (χ4n) is 1.32. The zero-order valence-corrected chi connectivity index (χ0v) is 10.7. The number of cyclic esters (lactones) is 2. The van der Waals surface area contributed by atoms with Crippen molar-refractivity contribution in [2.75, 3.05) is 24.7 Å². The van der Waals surface area contributed by atoms with Gasteiger partial charge in [-0.25, -0.2) is 4.79 Å². The van der Waals surface area contributed by atoms with E-state index in [9.17, 15) is 9.59 Å². The molecule has 0 aromatic rings. The minimum absolute atomic E-state index is 0.164. The first-order valence-corrected chi connectivity index (χ1v) is 6.94. The van der Waals surface area contributed by atoms with E-state index < -0.39 is 0 Å². The normalized spacial score (nSPS) is 21.3. The maximum atomic E-state index is 11.4. The molecular formula is C12H18O4S. The van der Waals surface area contributed by atoms with Gasteiger partial charge in [-0.15, -0.1) is 0 Å². The molecule has 96 valence electrons. The lowest BCUT2D eigenvalue weighted by Gasteiger charge is -2.09. The van der Waals surface area contributed by atoms with Crippen molar-refractivity contribution < 1.29 is 19.1 Å². The van der Waals surface area contributed by atoms with Crippen molar-refractivity contribution in [1.29, 1.82) is 0 Å². The summed E-state index contributed by atoms with van der Waals surface area (Å²) in [7, 11) is 0. The maximum Gasteiger partial charge on any atom is 0.334 e. The summed E-state index contributed by atoms with van der Waals surface area (Å²) < 4.78 is 10.1. The second-order valence-corrected chi connectivity index (χ2v) is 4.93. The molecule has 0 atom stereocenters. The molecule has 1 aliphatic rings. The molecule has 1 heterocycles. The van der Waals surface area contributed by atoms with E-state index in [1.54, 1.807) is 0 Å². The Balaban J connectivity index is 2.37. The number of rotatable bonds is 0. The fourth-order valence-corrected chi connectivity index (χ4v) is 2.14. The lowest BCUT2D eigenvalue weighted by molar-refractivity contribution is -0.143. The van der Waals surface area contributed by atoms with Crippen LogP contribution in [0.15, 0.2) is 12.2 Å². The van der Waals surface area contributed by atoms with Crippen LogP contribution in [0.2, 0.25) is 0 Å². The summed E-state index contributed by atoms with van der Waals surface area (Å²) >= 11 is 1.49. The third-order valence-corrected chi connectivity index (χ3v) is 3.35. The second kappa shape index (κ2) is 8.17. The molecule has 5 heteroatoms. The smallest absolute Gasteiger partial charge is 0.334 e. The SMILES string of the molecule is C=C1CSCCC(=O)OCCCCCOC1=O. The molecule has 0 unspecified atom stereocenters. The Morgan fingerprint density at radius 2 is 1.76 bits per heavy atom. The Morgan fingerprint density at radius 3 is 2.53 bits per heavy atom. The van der Waals surface area contributed by atoms with Crippen molar-refractivity contribution in [1.82, 2.24) is 0 Å². The van der Waals surface area contributed by atoms with Crippen molar-refractivity contribution >= 4 is 23.7 Å². The first kappa shape index (κ1) is 14.1. The summed E-state index contributed by atoms with van der Waals surface area (Å²) in [5.74, 6) is 0.664. The summed E-state index contributed by atoms with van der Waals surface area (Å²) in [6.45, 7) is 4.55. The summed E-state index contributed by atoms with van der Waals surface area (Å²) in [6, 6.07) is 0. The summed E-state index contributed by atoms with van der Waals surface area (Å²) in [5, 5.41) is 0. The molecule has 0 aromatic heterocycles. The first-order valence-electron chi connectivity index (χ1n) is 5.78. The zero-order valence-electron chi connectivity index (χ0n) is 9.91. The Morgan fingerprint density at radius 1 is 1.06 bits per heavy atom. The van der Waals surface area contributed by atoms with Crippen LogP contribution in [0.3, 0.4) is 0 Å². The molecule has 1 fully saturated rings. The van der Waals surface area contributed by atoms with Crippen molar-refractivity contribution in [3.05, 3.63) is 12.2 Å². The fraction of sp³-hybridized carbons (Fsp3) is 0.667. The molecule has 0 radical (unpaired) electrons. The molecule has 1 rings (SSSR count). The van der Waals surface area contributed by atoms with E-state index >= 15 is 0 Å². The largest absolute Gasteiger partial charge is 0.466 e. The third kappa shape index (κ3) is 6.36. The highest BCUT2D eigenvalue weighted by molar-refractivity contribution is 7.99. The van der Waals surface area contributed by atoms with Crippen molar-refractivity contribution in [3.63, 3.8) is 0 Å². The quantitative estimate of drug-likeness (QED) is 0.491. The lowest BCUT2D eigenvalue weighted by atomic mass is 10.2. The van der Waals surface area contributed by atoms with Gasteiger partial charge < -0.3 is 9.47 Å². The van der Waals surface area contributed by atoms with E-state index in [0.29, 0.717) is 36.7 Å². The molecule has 4 nitrogen and oxygen atoms in total. The van der Waals surface area contributed by atoms with E-state index in [1.807, 2.05) is 0 Å². The maximum absolute atomic E-state index is 11.4. The lowest BCUT2D eigenvalue weighted by Crippen LogP contribution is -2.12. The van der Waals surface area contributed by atoms with Crippen LogP contribution in [0, 0.1) is 0 Å². The number of carbonyl (C=O) groups is 2. The molecule has 0 aliphatic carbocycles. The predicted molar refractivity (Wildman–Crippen MR) is 66.9 cm³/mol. The van der Waals surface area contributed by atoms with E-state index in [0.717, 1.165) is 19.3 Å². The molecule has 0 saturated carbocycles. The van der Waals surface area contributed by atoms with Gasteiger partial charge in [-0.2, -0.15) is 11.8 Å². The van der Waals surface area contributed by atoms with Crippen molar-refractivity contribution in [3.8, 4) is 0 Å². The van der Waals surface area contributed by atoms with E-state index in [4.69, 9.17) is 9.47 Å². The molecule has 0 amide bonds. The standard InChI is InChI=1S/C12H18O4S/c1-10-9-17-8-5-11(13)15-6-3-2-4-7-16-12(10)14/h1-9H2. The summed E-state index contributed by atoms with van der Waals surface area (Å²) in [4.78, 5) is 22.7. The Labute approximate surface area is 106 Å². The first-order chi connectivity index (χ1) is 8.20. The van der Waals surface area contributed by atoms with Gasteiger partial charge in [0, 0.05) is 17.1 Å². The van der Waals surface area contributed by atoms with E-state index in [-0.39, 0.29) is 11.9 Å². The van der Waals surface area contributed by atoms with E-state index in [1.165, 1.54) is 11.8 Å². The Kier molecular flexibility index (Phi) is 6.77. The van der Waals surface area contributed by atoms with Crippen LogP contribution in [0.4, 0.5) is 0 Å². The highest BCUT2D eigenvalue weighted by Crippen LogP contribution is 2.11. The van der Waals surface area contributed by atoms with Gasteiger partial charge in [-0.1, -0.05) is 6.58 Å². The molecule has 0 aromatic carbocycles. The Hall–Kier alpha value is -0.970. The molecule has 0 N–H and O–H groups in total. The van der Waals surface area contributed by atoms with Gasteiger partial charge in [0.1, 0.15) is 0 Å². The minimum Gasteiger partial charge on any atom is -0.466 e. The zero-order chi connectivity index (χ0) is 12.5. The number of thioether (sulfide) groups is 1. The number of carbonyl (C=O) groups excluding carboxylic acids is 2. The van der Waals surface area contributed by atoms with Crippen LogP contribution in [0.5, 0.6) is 0 Å². The van der Waals surface area contributed by atoms with Crippen LogP contribution >= 0.6 is 11.8 Å². The van der Waals surface area contributed by atoms with Crippen molar-refractivity contribution in [2.24, 2.45) is 0 Å². The van der Waals surface area contributed by atoms with Gasteiger partial charge >= 0.3 is 11.9 Å². The molecule has 0 bridgehead atoms. The number of esters is 2. The van der Waals surface area contributed by atoms with Gasteiger partial charge in [0.25, 0.3) is 0 Å². The van der Waals surface area contributed by atoms with Gasteiger partial charge in [0.15, 0.2) is 0 Å². The molecule has 17 heavy (non-hydrogen) atoms. The summed E-state index contributed by atoms with van der Waals surface area (Å²) in [5.41, 5.74) is 0.459. The molecule has 0 spiro atoms. The highest BCUT2D eigenvalue weighted by atomic mass is 32.2. The average Bonchev–Trinajstić information content (AvgIpc) is 2.32. The van der Waals surface area contributed by atoms with Crippen LogP contribution in [-0.4, -0.2) is 36.7 Å². The topological polar surface area (TPSA) is 52.6 Å². The monoisotopic (exact) mass is 258 g/mol. The van der Waals surface area contributed by atoms with Gasteiger partial charge in [0.2, 0.25) is 0 Å². The number of hydrogen-bond donors (Lipinski definition) is 0. The number of ether oxygens (including phenoxy) is 2. The molecular weight excluding hydrogens is 240 g/mol. The van der Waals surface area contributed by atoms with Crippen molar-refractivity contribution in [2.45, 2.75) is 25.7 Å². The molecule has 1 saturated heterocycles. The number of hydrogen-bond acceptors (Lipinski definition) is 5. The predicted octanol–water partition coefficient (Wildman–Crippen LogP) is 1.94. The average molecular weight is 258 g/mol. The minimum atomic E-state index is -0.322. The van der Waals surface area contributed by atoms with Gasteiger partial charge in [0.05, 0.1) is 19.6 Å². The van der Waals surface area contributed by atoms with Crippen LogP contribution in [0.1, 0.15) is 25.7 Å². The van der Waals surface area contributed by atoms with Crippen LogP contribution in [-0.2, 0) is 19.1 Å². The van der Waals surface area contributed by atoms with Crippen LogP contribution in [0.25, 0.3) is 0 Å². The van der Waals surface area contributed by atoms with E-state index in [2.05, 4.69) is 6.58 Å². The van der Waals surface area contributed by atoms with Gasteiger partial charge in [-0.3, -0.25) is 4.79 Å². The Bertz CT molecular complexity index is 288. The third-order valence-electron chi connectivity index (χ3n) is 2.30. The van der Waals surface area contributed by atoms with Gasteiger partial charge in [-0.05, 0) is 19.3 Å². The van der Waals surface area contributed by atoms with Crippen LogP contribution < -0.4 is 0 Å². The molecule has 1 aliphatic heterocycles.